The summed E-state index contributed by atoms with van der Waals surface area (Å²) < 4.78 is 0. The standard InChI is InChI=1S/C13H19NO2S/c1-3-8-14-11(13(15)16)9-17-12-7-5-4-6-10(12)2/h4-7,11,14H,3,8-9H2,1-2H3,(H,15,16). The molecular formula is C13H19NO2S. The average molecular weight is 253 g/mol. The molecule has 0 saturated carbocycles. The highest BCUT2D eigenvalue weighted by molar-refractivity contribution is 7.99. The van der Waals surface area contributed by atoms with Crippen LogP contribution in [0.1, 0.15) is 18.9 Å². The lowest BCUT2D eigenvalue weighted by Crippen LogP contribution is -2.39. The van der Waals surface area contributed by atoms with E-state index in [-0.39, 0.29) is 0 Å². The van der Waals surface area contributed by atoms with Crippen molar-refractivity contribution in [1.29, 1.82) is 0 Å². The molecule has 0 amide bonds. The molecule has 1 aromatic rings. The van der Waals surface area contributed by atoms with E-state index in [1.165, 1.54) is 5.56 Å². The van der Waals surface area contributed by atoms with Gasteiger partial charge in [0.2, 0.25) is 0 Å². The minimum Gasteiger partial charge on any atom is -0.480 e. The molecule has 0 heterocycles. The van der Waals surface area contributed by atoms with Crippen LogP contribution in [0.5, 0.6) is 0 Å². The lowest BCUT2D eigenvalue weighted by molar-refractivity contribution is -0.138. The molecule has 1 aromatic carbocycles. The molecule has 3 nitrogen and oxygen atoms in total. The number of hydrogen-bond acceptors (Lipinski definition) is 3. The molecule has 0 aliphatic heterocycles. The van der Waals surface area contributed by atoms with Gasteiger partial charge < -0.3 is 10.4 Å². The largest absolute Gasteiger partial charge is 0.480 e. The second-order valence-electron chi connectivity index (χ2n) is 3.92. The third kappa shape index (κ3) is 4.79. The van der Waals surface area contributed by atoms with Crippen molar-refractivity contribution in [2.24, 2.45) is 0 Å². The monoisotopic (exact) mass is 253 g/mol. The predicted molar refractivity (Wildman–Crippen MR) is 71.6 cm³/mol. The van der Waals surface area contributed by atoms with E-state index < -0.39 is 12.0 Å². The van der Waals surface area contributed by atoms with Gasteiger partial charge in [0.25, 0.3) is 0 Å². The topological polar surface area (TPSA) is 49.3 Å². The summed E-state index contributed by atoms with van der Waals surface area (Å²) in [6.45, 7) is 4.81. The Balaban J connectivity index is 2.52. The van der Waals surface area contributed by atoms with Gasteiger partial charge in [-0.05, 0) is 31.5 Å². The predicted octanol–water partition coefficient (Wildman–Crippen LogP) is 2.54. The molecule has 0 fully saturated rings. The first kappa shape index (κ1) is 14.1. The van der Waals surface area contributed by atoms with Gasteiger partial charge in [0.05, 0.1) is 0 Å². The van der Waals surface area contributed by atoms with Crippen LogP contribution in [0, 0.1) is 6.92 Å². The highest BCUT2D eigenvalue weighted by Crippen LogP contribution is 2.22. The second-order valence-corrected chi connectivity index (χ2v) is 4.98. The van der Waals surface area contributed by atoms with Crippen LogP contribution >= 0.6 is 11.8 Å². The summed E-state index contributed by atoms with van der Waals surface area (Å²) in [7, 11) is 0. The van der Waals surface area contributed by atoms with Gasteiger partial charge in [-0.25, -0.2) is 0 Å². The number of carboxylic acid groups (broad SMARTS) is 1. The zero-order chi connectivity index (χ0) is 12.7. The molecule has 0 spiro atoms. The number of carbonyl (C=O) groups is 1. The van der Waals surface area contributed by atoms with Gasteiger partial charge in [0.15, 0.2) is 0 Å². The van der Waals surface area contributed by atoms with Gasteiger partial charge in [0, 0.05) is 10.6 Å². The minimum atomic E-state index is -0.778. The van der Waals surface area contributed by atoms with E-state index in [0.717, 1.165) is 17.9 Å². The summed E-state index contributed by atoms with van der Waals surface area (Å²) in [6.07, 6.45) is 0.943. The highest BCUT2D eigenvalue weighted by atomic mass is 32.2. The van der Waals surface area contributed by atoms with Crippen molar-refractivity contribution >= 4 is 17.7 Å². The summed E-state index contributed by atoms with van der Waals surface area (Å²) in [5.74, 6) is -0.222. The van der Waals surface area contributed by atoms with E-state index in [1.807, 2.05) is 38.1 Å². The van der Waals surface area contributed by atoms with Crippen molar-refractivity contribution in [1.82, 2.24) is 5.32 Å². The van der Waals surface area contributed by atoms with Crippen molar-refractivity contribution in [2.75, 3.05) is 12.3 Å². The molecule has 0 radical (unpaired) electrons. The number of aryl methyl sites for hydroxylation is 1. The van der Waals surface area contributed by atoms with E-state index >= 15 is 0 Å². The van der Waals surface area contributed by atoms with E-state index in [4.69, 9.17) is 5.11 Å². The van der Waals surface area contributed by atoms with Crippen LogP contribution in [0.4, 0.5) is 0 Å². The molecule has 0 aliphatic carbocycles. The molecule has 0 bridgehead atoms. The Morgan fingerprint density at radius 2 is 2.18 bits per heavy atom. The number of thioether (sulfide) groups is 1. The van der Waals surface area contributed by atoms with Crippen LogP contribution in [0.2, 0.25) is 0 Å². The Labute approximate surface area is 107 Å². The summed E-state index contributed by atoms with van der Waals surface area (Å²) in [4.78, 5) is 12.2. The highest BCUT2D eigenvalue weighted by Gasteiger charge is 2.16. The number of carboxylic acids is 1. The first-order valence-electron chi connectivity index (χ1n) is 5.79. The maximum absolute atomic E-state index is 11.0. The lowest BCUT2D eigenvalue weighted by Gasteiger charge is -2.14. The average Bonchev–Trinajstić information content (AvgIpc) is 2.31. The van der Waals surface area contributed by atoms with E-state index in [1.54, 1.807) is 11.8 Å². The number of nitrogens with one attached hydrogen (secondary N) is 1. The van der Waals surface area contributed by atoms with Crippen molar-refractivity contribution in [2.45, 2.75) is 31.2 Å². The first-order chi connectivity index (χ1) is 8.15. The molecule has 94 valence electrons. The van der Waals surface area contributed by atoms with Gasteiger partial charge in [-0.15, -0.1) is 11.8 Å². The zero-order valence-electron chi connectivity index (χ0n) is 10.3. The van der Waals surface area contributed by atoms with Gasteiger partial charge in [0.1, 0.15) is 6.04 Å². The van der Waals surface area contributed by atoms with Gasteiger partial charge >= 0.3 is 5.97 Å². The number of hydrogen-bond donors (Lipinski definition) is 2. The molecule has 4 heteroatoms. The van der Waals surface area contributed by atoms with Crippen molar-refractivity contribution in [3.8, 4) is 0 Å². The SMILES string of the molecule is CCCNC(CSc1ccccc1C)C(=O)O. The number of benzene rings is 1. The van der Waals surface area contributed by atoms with E-state index in [2.05, 4.69) is 5.32 Å². The van der Waals surface area contributed by atoms with Crippen molar-refractivity contribution in [3.05, 3.63) is 29.8 Å². The summed E-state index contributed by atoms with van der Waals surface area (Å²) >= 11 is 1.59. The smallest absolute Gasteiger partial charge is 0.321 e. The molecule has 1 unspecified atom stereocenters. The maximum atomic E-state index is 11.0. The second kappa shape index (κ2) is 7.35. The molecule has 1 atom stereocenters. The summed E-state index contributed by atoms with van der Waals surface area (Å²) in [5, 5.41) is 12.1. The third-order valence-corrected chi connectivity index (χ3v) is 3.71. The van der Waals surface area contributed by atoms with Crippen molar-refractivity contribution < 1.29 is 9.90 Å². The van der Waals surface area contributed by atoms with Crippen LogP contribution in [0.15, 0.2) is 29.2 Å². The van der Waals surface area contributed by atoms with Crippen LogP contribution < -0.4 is 5.32 Å². The zero-order valence-corrected chi connectivity index (χ0v) is 11.1. The molecule has 17 heavy (non-hydrogen) atoms. The fourth-order valence-corrected chi connectivity index (χ4v) is 2.50. The normalized spacial score (nSPS) is 12.4. The quantitative estimate of drug-likeness (QED) is 0.733. The third-order valence-electron chi connectivity index (χ3n) is 2.44. The van der Waals surface area contributed by atoms with E-state index in [9.17, 15) is 4.79 Å². The number of rotatable bonds is 7. The molecule has 2 N–H and O–H groups in total. The Morgan fingerprint density at radius 3 is 2.76 bits per heavy atom. The molecule has 1 rings (SSSR count). The van der Waals surface area contributed by atoms with Crippen LogP contribution in [0.25, 0.3) is 0 Å². The molecular weight excluding hydrogens is 234 g/mol. The van der Waals surface area contributed by atoms with E-state index in [0.29, 0.717) is 5.75 Å². The van der Waals surface area contributed by atoms with Gasteiger partial charge in [-0.1, -0.05) is 25.1 Å². The molecule has 0 aliphatic rings. The minimum absolute atomic E-state index is 0.473. The van der Waals surface area contributed by atoms with Crippen LogP contribution in [-0.2, 0) is 4.79 Å². The Kier molecular flexibility index (Phi) is 6.08. The Hall–Kier alpha value is -1.00. The molecule has 0 aromatic heterocycles. The maximum Gasteiger partial charge on any atom is 0.321 e. The fourth-order valence-electron chi connectivity index (χ4n) is 1.43. The van der Waals surface area contributed by atoms with Crippen molar-refractivity contribution in [3.63, 3.8) is 0 Å². The summed E-state index contributed by atoms with van der Waals surface area (Å²) in [5.41, 5.74) is 1.19. The summed E-state index contributed by atoms with van der Waals surface area (Å²) in [6, 6.07) is 7.56. The Morgan fingerprint density at radius 1 is 1.47 bits per heavy atom. The van der Waals surface area contributed by atoms with Crippen LogP contribution in [-0.4, -0.2) is 29.4 Å². The molecule has 0 saturated heterocycles. The van der Waals surface area contributed by atoms with Gasteiger partial charge in [-0.3, -0.25) is 4.79 Å². The fraction of sp³-hybridized carbons (Fsp3) is 0.462. The number of aliphatic carboxylic acids is 1. The lowest BCUT2D eigenvalue weighted by atomic mass is 10.2. The first-order valence-corrected chi connectivity index (χ1v) is 6.78. The van der Waals surface area contributed by atoms with Gasteiger partial charge in [-0.2, -0.15) is 0 Å². The Bertz CT molecular complexity index is 368. The van der Waals surface area contributed by atoms with Crippen LogP contribution in [0.3, 0.4) is 0 Å².